The van der Waals surface area contributed by atoms with Crippen LogP contribution < -0.4 is 0 Å². The Kier molecular flexibility index (Phi) is 32.4. The fraction of sp³-hybridized carbons (Fsp3) is 0.949. The Hall–Kier alpha value is -1.10. The molecule has 0 aromatic heterocycles. The monoisotopic (exact) mass is 625 g/mol. The summed E-state index contributed by atoms with van der Waals surface area (Å²) in [5, 5.41) is 10.0. The van der Waals surface area contributed by atoms with Crippen molar-refractivity contribution in [2.45, 2.75) is 214 Å². The third-order valence-electron chi connectivity index (χ3n) is 8.70. The zero-order chi connectivity index (χ0) is 32.5. The van der Waals surface area contributed by atoms with Crippen LogP contribution in [-0.4, -0.2) is 36.4 Å². The average molecular weight is 625 g/mol. The summed E-state index contributed by atoms with van der Waals surface area (Å²) in [6.07, 6.45) is 33.0. The summed E-state index contributed by atoms with van der Waals surface area (Å²) in [6.45, 7) is 9.01. The molecule has 0 aliphatic rings. The van der Waals surface area contributed by atoms with Gasteiger partial charge in [0.05, 0.1) is 0 Å². The number of unbranched alkanes of at least 4 members (excludes halogenated alkanes) is 22. The molecule has 0 aromatic carbocycles. The summed E-state index contributed by atoms with van der Waals surface area (Å²) in [6, 6.07) is 0. The van der Waals surface area contributed by atoms with Crippen LogP contribution in [0.4, 0.5) is 0 Å². The number of esters is 2. The van der Waals surface area contributed by atoms with Gasteiger partial charge in [-0.3, -0.25) is 9.59 Å². The van der Waals surface area contributed by atoms with Crippen LogP contribution in [0.25, 0.3) is 0 Å². The van der Waals surface area contributed by atoms with Gasteiger partial charge in [0, 0.05) is 12.8 Å². The summed E-state index contributed by atoms with van der Waals surface area (Å²) in [5.41, 5.74) is 0. The van der Waals surface area contributed by atoms with E-state index < -0.39 is 6.10 Å². The summed E-state index contributed by atoms with van der Waals surface area (Å²) >= 11 is 0. The van der Waals surface area contributed by atoms with Crippen LogP contribution in [0.2, 0.25) is 0 Å². The molecule has 5 nitrogen and oxygen atoms in total. The predicted octanol–water partition coefficient (Wildman–Crippen LogP) is 11.7. The standard InChI is InChI=1S/C39H76O5/c1-35(2)29-25-21-17-13-9-5-7-11-15-19-23-27-31-38(41)43-33-37(40)34-44-39(42)32-28-24-20-16-12-8-6-10-14-18-22-26-30-36(3)4/h35-37,40H,5-34H2,1-4H3. The van der Waals surface area contributed by atoms with E-state index in [2.05, 4.69) is 27.7 Å². The average Bonchev–Trinajstić information content (AvgIpc) is 2.98. The number of hydrogen-bond donors (Lipinski definition) is 1. The Bertz CT molecular complexity index is 566. The van der Waals surface area contributed by atoms with E-state index in [0.29, 0.717) is 12.8 Å². The van der Waals surface area contributed by atoms with Crippen molar-refractivity contribution in [3.63, 3.8) is 0 Å². The van der Waals surface area contributed by atoms with Crippen molar-refractivity contribution < 1.29 is 24.2 Å². The van der Waals surface area contributed by atoms with E-state index in [4.69, 9.17) is 9.47 Å². The highest BCUT2D eigenvalue weighted by atomic mass is 16.6. The van der Waals surface area contributed by atoms with E-state index in [-0.39, 0.29) is 25.2 Å². The van der Waals surface area contributed by atoms with E-state index >= 15 is 0 Å². The van der Waals surface area contributed by atoms with Gasteiger partial charge in [0.1, 0.15) is 19.3 Å². The zero-order valence-corrected chi connectivity index (χ0v) is 30.0. The maximum atomic E-state index is 11.9. The number of aliphatic hydroxyl groups excluding tert-OH is 1. The van der Waals surface area contributed by atoms with E-state index in [9.17, 15) is 14.7 Å². The second-order valence-corrected chi connectivity index (χ2v) is 14.4. The van der Waals surface area contributed by atoms with Gasteiger partial charge in [0.15, 0.2) is 0 Å². The second kappa shape index (κ2) is 33.3. The lowest BCUT2D eigenvalue weighted by atomic mass is 10.0. The fourth-order valence-corrected chi connectivity index (χ4v) is 5.75. The number of ether oxygens (including phenoxy) is 2. The minimum Gasteiger partial charge on any atom is -0.463 e. The molecule has 5 heteroatoms. The van der Waals surface area contributed by atoms with Gasteiger partial charge in [0.2, 0.25) is 0 Å². The molecule has 0 atom stereocenters. The smallest absolute Gasteiger partial charge is 0.305 e. The van der Waals surface area contributed by atoms with Gasteiger partial charge in [-0.2, -0.15) is 0 Å². The van der Waals surface area contributed by atoms with Crippen molar-refractivity contribution in [3.05, 3.63) is 0 Å². The minimum absolute atomic E-state index is 0.109. The molecule has 0 unspecified atom stereocenters. The van der Waals surface area contributed by atoms with Crippen LogP contribution in [0.1, 0.15) is 207 Å². The van der Waals surface area contributed by atoms with Crippen molar-refractivity contribution >= 4 is 11.9 Å². The highest BCUT2D eigenvalue weighted by molar-refractivity contribution is 5.69. The van der Waals surface area contributed by atoms with Gasteiger partial charge in [-0.05, 0) is 24.7 Å². The topological polar surface area (TPSA) is 72.8 Å². The lowest BCUT2D eigenvalue weighted by molar-refractivity contribution is -0.152. The third-order valence-corrected chi connectivity index (χ3v) is 8.70. The van der Waals surface area contributed by atoms with Crippen LogP contribution in [0.15, 0.2) is 0 Å². The van der Waals surface area contributed by atoms with E-state index in [1.54, 1.807) is 0 Å². The van der Waals surface area contributed by atoms with E-state index in [1.807, 2.05) is 0 Å². The van der Waals surface area contributed by atoms with Gasteiger partial charge in [-0.25, -0.2) is 0 Å². The molecule has 262 valence electrons. The van der Waals surface area contributed by atoms with Crippen molar-refractivity contribution in [1.82, 2.24) is 0 Å². The highest BCUT2D eigenvalue weighted by Gasteiger charge is 2.12. The first-order valence-corrected chi connectivity index (χ1v) is 19.3. The van der Waals surface area contributed by atoms with Crippen LogP contribution in [0.5, 0.6) is 0 Å². The molecule has 0 saturated carbocycles. The normalized spacial score (nSPS) is 11.6. The first kappa shape index (κ1) is 42.9. The maximum absolute atomic E-state index is 11.9. The molecule has 44 heavy (non-hydrogen) atoms. The van der Waals surface area contributed by atoms with Crippen molar-refractivity contribution in [2.75, 3.05) is 13.2 Å². The Morgan fingerprint density at radius 2 is 0.636 bits per heavy atom. The van der Waals surface area contributed by atoms with Gasteiger partial charge in [-0.15, -0.1) is 0 Å². The molecule has 0 aliphatic carbocycles. The number of carbonyl (C=O) groups excluding carboxylic acids is 2. The number of aliphatic hydroxyl groups is 1. The maximum Gasteiger partial charge on any atom is 0.305 e. The van der Waals surface area contributed by atoms with Gasteiger partial charge < -0.3 is 14.6 Å². The largest absolute Gasteiger partial charge is 0.463 e. The Morgan fingerprint density at radius 1 is 0.409 bits per heavy atom. The molecular formula is C39H76O5. The second-order valence-electron chi connectivity index (χ2n) is 14.4. The van der Waals surface area contributed by atoms with Crippen LogP contribution in [0, 0.1) is 11.8 Å². The fourth-order valence-electron chi connectivity index (χ4n) is 5.75. The summed E-state index contributed by atoms with van der Waals surface area (Å²) < 4.78 is 10.3. The summed E-state index contributed by atoms with van der Waals surface area (Å²) in [7, 11) is 0. The Morgan fingerprint density at radius 3 is 0.886 bits per heavy atom. The first-order chi connectivity index (χ1) is 21.3. The number of hydrogen-bond acceptors (Lipinski definition) is 5. The van der Waals surface area contributed by atoms with Crippen molar-refractivity contribution in [3.8, 4) is 0 Å². The van der Waals surface area contributed by atoms with Crippen molar-refractivity contribution in [1.29, 1.82) is 0 Å². The number of rotatable bonds is 34. The molecule has 0 rings (SSSR count). The van der Waals surface area contributed by atoms with Crippen molar-refractivity contribution in [2.24, 2.45) is 11.8 Å². The van der Waals surface area contributed by atoms with Gasteiger partial charge in [-0.1, -0.05) is 182 Å². The lowest BCUT2D eigenvalue weighted by Gasteiger charge is -2.12. The Labute approximate surface area is 274 Å². The first-order valence-electron chi connectivity index (χ1n) is 19.3. The molecule has 0 amide bonds. The van der Waals surface area contributed by atoms with Gasteiger partial charge in [0.25, 0.3) is 0 Å². The molecule has 0 saturated heterocycles. The molecule has 1 N–H and O–H groups in total. The molecule has 0 bridgehead atoms. The molecular weight excluding hydrogens is 548 g/mol. The molecule has 0 aliphatic heterocycles. The van der Waals surface area contributed by atoms with Gasteiger partial charge >= 0.3 is 11.9 Å². The van der Waals surface area contributed by atoms with E-state index in [0.717, 1.165) is 37.5 Å². The van der Waals surface area contributed by atoms with Crippen LogP contribution in [0.3, 0.4) is 0 Å². The lowest BCUT2D eigenvalue weighted by Crippen LogP contribution is -2.25. The highest BCUT2D eigenvalue weighted by Crippen LogP contribution is 2.16. The van der Waals surface area contributed by atoms with Crippen LogP contribution in [-0.2, 0) is 19.1 Å². The molecule has 0 heterocycles. The SMILES string of the molecule is CC(C)CCCCCCCCCCCCCCC(=O)OCC(O)COC(=O)CCCCCCCCCCCCCCC(C)C. The van der Waals surface area contributed by atoms with Crippen LogP contribution >= 0.6 is 0 Å². The quantitative estimate of drug-likeness (QED) is 0.0569. The summed E-state index contributed by atoms with van der Waals surface area (Å²) in [5.74, 6) is 1.13. The van der Waals surface area contributed by atoms with E-state index in [1.165, 1.54) is 141 Å². The zero-order valence-electron chi connectivity index (χ0n) is 30.0. The minimum atomic E-state index is -0.956. The molecule has 0 radical (unpaired) electrons. The molecule has 0 spiro atoms. The molecule has 0 aromatic rings. The predicted molar refractivity (Wildman–Crippen MR) is 187 cm³/mol. The number of carbonyl (C=O) groups is 2. The molecule has 0 fully saturated rings. The Balaban J connectivity index is 3.39. The summed E-state index contributed by atoms with van der Waals surface area (Å²) in [4.78, 5) is 23.9. The third kappa shape index (κ3) is 35.4.